The smallest absolute Gasteiger partial charge is 0.230 e. The second kappa shape index (κ2) is 4.17. The fourth-order valence-corrected chi connectivity index (χ4v) is 3.33. The number of fused-ring (bicyclic) bond motifs is 2. The van der Waals surface area contributed by atoms with Crippen LogP contribution >= 0.6 is 0 Å². The normalized spacial score (nSPS) is 32.4. The molecule has 2 bridgehead atoms. The van der Waals surface area contributed by atoms with Crippen LogP contribution in [0.3, 0.4) is 0 Å². The minimum atomic E-state index is 0.554. The first kappa shape index (κ1) is 10.3. The van der Waals surface area contributed by atoms with E-state index in [1.165, 1.54) is 25.7 Å². The average Bonchev–Trinajstić information content (AvgIpc) is 3.01. The lowest BCUT2D eigenvalue weighted by Gasteiger charge is -2.16. The Morgan fingerprint density at radius 3 is 2.94 bits per heavy atom. The molecule has 4 heteroatoms. The van der Waals surface area contributed by atoms with Gasteiger partial charge in [0.15, 0.2) is 5.82 Å². The molecule has 3 atom stereocenters. The van der Waals surface area contributed by atoms with Crippen molar-refractivity contribution in [1.82, 2.24) is 10.1 Å². The largest absolute Gasteiger partial charge is 0.339 e. The molecule has 2 saturated carbocycles. The van der Waals surface area contributed by atoms with Gasteiger partial charge in [0.25, 0.3) is 0 Å². The summed E-state index contributed by atoms with van der Waals surface area (Å²) in [4.78, 5) is 4.52. The van der Waals surface area contributed by atoms with E-state index in [9.17, 15) is 0 Å². The summed E-state index contributed by atoms with van der Waals surface area (Å²) in [6.07, 6.45) is 7.20. The monoisotopic (exact) mass is 221 g/mol. The molecule has 0 saturated heterocycles. The number of hydrogen-bond acceptors (Lipinski definition) is 4. The first-order valence-corrected chi connectivity index (χ1v) is 6.39. The fourth-order valence-electron chi connectivity index (χ4n) is 3.33. The van der Waals surface area contributed by atoms with E-state index in [1.54, 1.807) is 0 Å². The van der Waals surface area contributed by atoms with Gasteiger partial charge in [-0.05, 0) is 44.1 Å². The van der Waals surface area contributed by atoms with Gasteiger partial charge in [0.2, 0.25) is 5.89 Å². The van der Waals surface area contributed by atoms with E-state index in [1.807, 2.05) is 0 Å². The Bertz CT molecular complexity index is 363. The van der Waals surface area contributed by atoms with Crippen molar-refractivity contribution in [2.45, 2.75) is 44.4 Å². The summed E-state index contributed by atoms with van der Waals surface area (Å²) >= 11 is 0. The molecule has 0 aliphatic heterocycles. The zero-order valence-electron chi connectivity index (χ0n) is 9.56. The van der Waals surface area contributed by atoms with Crippen molar-refractivity contribution < 1.29 is 4.52 Å². The van der Waals surface area contributed by atoms with Crippen LogP contribution in [0.15, 0.2) is 4.52 Å². The summed E-state index contributed by atoms with van der Waals surface area (Å²) in [6, 6.07) is 0. The summed E-state index contributed by atoms with van der Waals surface area (Å²) in [5.74, 6) is 4.02. The molecule has 16 heavy (non-hydrogen) atoms. The number of nitrogens with zero attached hydrogens (tertiary/aromatic N) is 2. The van der Waals surface area contributed by atoms with Gasteiger partial charge in [-0.2, -0.15) is 4.98 Å². The van der Waals surface area contributed by atoms with E-state index in [0.717, 1.165) is 36.4 Å². The Balaban J connectivity index is 1.68. The van der Waals surface area contributed by atoms with Crippen molar-refractivity contribution in [2.75, 3.05) is 6.54 Å². The van der Waals surface area contributed by atoms with Crippen LogP contribution in [0, 0.1) is 11.8 Å². The summed E-state index contributed by atoms with van der Waals surface area (Å²) in [5, 5.41) is 4.04. The Morgan fingerprint density at radius 2 is 2.25 bits per heavy atom. The van der Waals surface area contributed by atoms with Gasteiger partial charge in [0, 0.05) is 12.3 Å². The number of nitrogens with two attached hydrogens (primary N) is 1. The van der Waals surface area contributed by atoms with Crippen molar-refractivity contribution in [1.29, 1.82) is 0 Å². The lowest BCUT2D eigenvalue weighted by Crippen LogP contribution is -2.09. The van der Waals surface area contributed by atoms with Crippen LogP contribution in [-0.4, -0.2) is 16.7 Å². The highest BCUT2D eigenvalue weighted by atomic mass is 16.5. The molecule has 1 heterocycles. The maximum atomic E-state index is 5.47. The van der Waals surface area contributed by atoms with Crippen LogP contribution in [0.1, 0.15) is 49.7 Å². The second-order valence-corrected chi connectivity index (χ2v) is 5.22. The summed E-state index contributed by atoms with van der Waals surface area (Å²) in [5.41, 5.74) is 5.47. The lowest BCUT2D eigenvalue weighted by molar-refractivity contribution is 0.300. The number of rotatable bonds is 4. The third-order valence-electron chi connectivity index (χ3n) is 4.14. The Labute approximate surface area is 95.6 Å². The highest BCUT2D eigenvalue weighted by Crippen LogP contribution is 2.52. The predicted octanol–water partition coefficient (Wildman–Crippen LogP) is 1.86. The van der Waals surface area contributed by atoms with Crippen LogP contribution in [0.25, 0.3) is 0 Å². The third kappa shape index (κ3) is 1.75. The lowest BCUT2D eigenvalue weighted by atomic mass is 9.89. The van der Waals surface area contributed by atoms with Crippen LogP contribution in [0.5, 0.6) is 0 Å². The molecule has 2 aliphatic carbocycles. The Morgan fingerprint density at radius 1 is 1.31 bits per heavy atom. The SMILES string of the molecule is NCCCc1noc(C2CC3CCC2C3)n1. The molecule has 2 aliphatic rings. The number of aromatic nitrogens is 2. The predicted molar refractivity (Wildman–Crippen MR) is 59.9 cm³/mol. The van der Waals surface area contributed by atoms with Gasteiger partial charge in [-0.3, -0.25) is 0 Å². The Hall–Kier alpha value is -0.900. The van der Waals surface area contributed by atoms with E-state index in [4.69, 9.17) is 10.3 Å². The van der Waals surface area contributed by atoms with Gasteiger partial charge in [-0.15, -0.1) is 0 Å². The molecule has 88 valence electrons. The van der Waals surface area contributed by atoms with Crippen molar-refractivity contribution in [3.05, 3.63) is 11.7 Å². The van der Waals surface area contributed by atoms with Gasteiger partial charge in [0.1, 0.15) is 0 Å². The van der Waals surface area contributed by atoms with E-state index in [2.05, 4.69) is 10.1 Å². The zero-order valence-corrected chi connectivity index (χ0v) is 9.56. The van der Waals surface area contributed by atoms with E-state index in [0.29, 0.717) is 12.5 Å². The first-order chi connectivity index (χ1) is 7.86. The standard InChI is InChI=1S/C12H19N3O/c13-5-1-2-11-14-12(16-15-11)10-7-8-3-4-9(10)6-8/h8-10H,1-7,13H2. The second-order valence-electron chi connectivity index (χ2n) is 5.22. The zero-order chi connectivity index (χ0) is 11.0. The summed E-state index contributed by atoms with van der Waals surface area (Å²) in [7, 11) is 0. The van der Waals surface area contributed by atoms with Crippen LogP contribution in [0.4, 0.5) is 0 Å². The highest BCUT2D eigenvalue weighted by molar-refractivity contribution is 5.05. The van der Waals surface area contributed by atoms with Gasteiger partial charge >= 0.3 is 0 Å². The minimum Gasteiger partial charge on any atom is -0.339 e. The quantitative estimate of drug-likeness (QED) is 0.842. The summed E-state index contributed by atoms with van der Waals surface area (Å²) in [6.45, 7) is 0.692. The minimum absolute atomic E-state index is 0.554. The van der Waals surface area contributed by atoms with Crippen LogP contribution < -0.4 is 5.73 Å². The van der Waals surface area contributed by atoms with Gasteiger partial charge < -0.3 is 10.3 Å². The molecule has 3 rings (SSSR count). The average molecular weight is 221 g/mol. The maximum Gasteiger partial charge on any atom is 0.230 e. The van der Waals surface area contributed by atoms with Crippen molar-refractivity contribution in [2.24, 2.45) is 17.6 Å². The molecular weight excluding hydrogens is 202 g/mol. The van der Waals surface area contributed by atoms with Crippen molar-refractivity contribution >= 4 is 0 Å². The van der Waals surface area contributed by atoms with Gasteiger partial charge in [-0.25, -0.2) is 0 Å². The van der Waals surface area contributed by atoms with Crippen LogP contribution in [0.2, 0.25) is 0 Å². The molecule has 1 aromatic rings. The van der Waals surface area contributed by atoms with E-state index in [-0.39, 0.29) is 0 Å². The topological polar surface area (TPSA) is 64.9 Å². The fraction of sp³-hybridized carbons (Fsp3) is 0.833. The highest BCUT2D eigenvalue weighted by Gasteiger charge is 2.42. The Kier molecular flexibility index (Phi) is 2.67. The number of aryl methyl sites for hydroxylation is 1. The molecular formula is C12H19N3O. The molecule has 0 amide bonds. The molecule has 4 nitrogen and oxygen atoms in total. The summed E-state index contributed by atoms with van der Waals surface area (Å²) < 4.78 is 5.40. The maximum absolute atomic E-state index is 5.47. The third-order valence-corrected chi connectivity index (χ3v) is 4.14. The van der Waals surface area contributed by atoms with E-state index < -0.39 is 0 Å². The van der Waals surface area contributed by atoms with Gasteiger partial charge in [0.05, 0.1) is 0 Å². The molecule has 2 N–H and O–H groups in total. The number of hydrogen-bond donors (Lipinski definition) is 1. The molecule has 0 aromatic carbocycles. The molecule has 2 fully saturated rings. The molecule has 1 aromatic heterocycles. The van der Waals surface area contributed by atoms with Crippen LogP contribution in [-0.2, 0) is 6.42 Å². The molecule has 0 radical (unpaired) electrons. The molecule has 3 unspecified atom stereocenters. The first-order valence-electron chi connectivity index (χ1n) is 6.39. The van der Waals surface area contributed by atoms with Gasteiger partial charge in [-0.1, -0.05) is 11.6 Å². The molecule has 0 spiro atoms. The van der Waals surface area contributed by atoms with Crippen molar-refractivity contribution in [3.8, 4) is 0 Å². The van der Waals surface area contributed by atoms with E-state index >= 15 is 0 Å². The van der Waals surface area contributed by atoms with Crippen molar-refractivity contribution in [3.63, 3.8) is 0 Å².